The van der Waals surface area contributed by atoms with Crippen molar-refractivity contribution in [2.75, 3.05) is 13.7 Å². The molecule has 0 bridgehead atoms. The highest BCUT2D eigenvalue weighted by atomic mass is 16.5. The van der Waals surface area contributed by atoms with E-state index in [2.05, 4.69) is 31.2 Å². The third-order valence-electron chi connectivity index (χ3n) is 2.80. The van der Waals surface area contributed by atoms with Crippen molar-refractivity contribution in [1.29, 1.82) is 0 Å². The van der Waals surface area contributed by atoms with Crippen LogP contribution in [0.4, 0.5) is 0 Å². The zero-order valence-electron chi connectivity index (χ0n) is 10.8. The molecule has 1 rings (SSSR count). The number of methoxy groups -OCH3 is 1. The van der Waals surface area contributed by atoms with Crippen LogP contribution in [-0.4, -0.2) is 29.5 Å². The fourth-order valence-corrected chi connectivity index (χ4v) is 1.89. The van der Waals surface area contributed by atoms with E-state index < -0.39 is 0 Å². The smallest absolute Gasteiger partial charge is 0.159 e. The maximum atomic E-state index is 5.32. The van der Waals surface area contributed by atoms with Crippen molar-refractivity contribution < 1.29 is 4.74 Å². The van der Waals surface area contributed by atoms with Gasteiger partial charge in [-0.05, 0) is 33.2 Å². The standard InChI is InChI=1S/C12H23N3O/c1-5-13-10(3)7-8-11-12(16-4)9-14-15(11)6-2/h9-10,13H,5-8H2,1-4H3. The summed E-state index contributed by atoms with van der Waals surface area (Å²) < 4.78 is 7.33. The lowest BCUT2D eigenvalue weighted by molar-refractivity contribution is 0.404. The van der Waals surface area contributed by atoms with E-state index in [1.165, 1.54) is 5.69 Å². The van der Waals surface area contributed by atoms with Gasteiger partial charge in [0, 0.05) is 12.6 Å². The van der Waals surface area contributed by atoms with Crippen molar-refractivity contribution >= 4 is 0 Å². The summed E-state index contributed by atoms with van der Waals surface area (Å²) in [5.41, 5.74) is 1.20. The van der Waals surface area contributed by atoms with Crippen LogP contribution in [0.15, 0.2) is 6.20 Å². The summed E-state index contributed by atoms with van der Waals surface area (Å²) in [4.78, 5) is 0. The Bertz CT molecular complexity index is 288. The molecule has 4 nitrogen and oxygen atoms in total. The van der Waals surface area contributed by atoms with Crippen LogP contribution in [0.3, 0.4) is 0 Å². The summed E-state index contributed by atoms with van der Waals surface area (Å²) >= 11 is 0. The minimum absolute atomic E-state index is 0.537. The van der Waals surface area contributed by atoms with E-state index >= 15 is 0 Å². The molecule has 0 aliphatic rings. The Hall–Kier alpha value is -1.03. The Morgan fingerprint density at radius 3 is 2.81 bits per heavy atom. The van der Waals surface area contributed by atoms with Crippen LogP contribution in [0.25, 0.3) is 0 Å². The van der Waals surface area contributed by atoms with Crippen LogP contribution in [0.5, 0.6) is 5.75 Å². The first-order valence-corrected chi connectivity index (χ1v) is 6.04. The number of rotatable bonds is 7. The number of hydrogen-bond donors (Lipinski definition) is 1. The first kappa shape index (κ1) is 13.0. The number of nitrogens with one attached hydrogen (secondary N) is 1. The van der Waals surface area contributed by atoms with E-state index in [1.807, 2.05) is 4.68 Å². The molecule has 1 unspecified atom stereocenters. The number of ether oxygens (including phenoxy) is 1. The third kappa shape index (κ3) is 3.23. The lowest BCUT2D eigenvalue weighted by atomic mass is 10.1. The van der Waals surface area contributed by atoms with Gasteiger partial charge in [-0.3, -0.25) is 4.68 Å². The third-order valence-corrected chi connectivity index (χ3v) is 2.80. The number of hydrogen-bond acceptors (Lipinski definition) is 3. The summed E-state index contributed by atoms with van der Waals surface area (Å²) in [5, 5.41) is 7.71. The zero-order valence-corrected chi connectivity index (χ0v) is 10.8. The van der Waals surface area contributed by atoms with Crippen LogP contribution < -0.4 is 10.1 Å². The zero-order chi connectivity index (χ0) is 12.0. The van der Waals surface area contributed by atoms with Crippen molar-refractivity contribution in [1.82, 2.24) is 15.1 Å². The minimum Gasteiger partial charge on any atom is -0.493 e. The SMILES string of the molecule is CCNC(C)CCc1c(OC)cnn1CC. The summed E-state index contributed by atoms with van der Waals surface area (Å²) in [6, 6.07) is 0.537. The maximum Gasteiger partial charge on any atom is 0.159 e. The summed E-state index contributed by atoms with van der Waals surface area (Å²) in [6.45, 7) is 8.36. The molecule has 1 aromatic rings. The molecule has 1 aromatic heterocycles. The van der Waals surface area contributed by atoms with E-state index in [4.69, 9.17) is 4.74 Å². The highest BCUT2D eigenvalue weighted by Crippen LogP contribution is 2.19. The van der Waals surface area contributed by atoms with Crippen LogP contribution >= 0.6 is 0 Å². The number of aryl methyl sites for hydroxylation is 1. The predicted octanol–water partition coefficient (Wildman–Crippen LogP) is 1.84. The number of nitrogens with zero attached hydrogens (tertiary/aromatic N) is 2. The molecule has 0 radical (unpaired) electrons. The molecule has 92 valence electrons. The molecular formula is C12H23N3O. The topological polar surface area (TPSA) is 39.1 Å². The molecule has 1 N–H and O–H groups in total. The Labute approximate surface area is 98.0 Å². The van der Waals surface area contributed by atoms with E-state index in [9.17, 15) is 0 Å². The lowest BCUT2D eigenvalue weighted by Gasteiger charge is -2.13. The second kappa shape index (κ2) is 6.53. The quantitative estimate of drug-likeness (QED) is 0.769. The van der Waals surface area contributed by atoms with Gasteiger partial charge in [0.05, 0.1) is 19.0 Å². The Morgan fingerprint density at radius 1 is 1.50 bits per heavy atom. The second-order valence-corrected chi connectivity index (χ2v) is 3.97. The molecule has 0 aliphatic carbocycles. The molecule has 16 heavy (non-hydrogen) atoms. The molecule has 0 saturated carbocycles. The molecule has 1 atom stereocenters. The van der Waals surface area contributed by atoms with E-state index in [0.717, 1.165) is 31.7 Å². The van der Waals surface area contributed by atoms with Gasteiger partial charge in [-0.1, -0.05) is 6.92 Å². The fourth-order valence-electron chi connectivity index (χ4n) is 1.89. The second-order valence-electron chi connectivity index (χ2n) is 3.97. The van der Waals surface area contributed by atoms with Gasteiger partial charge in [0.1, 0.15) is 0 Å². The normalized spacial score (nSPS) is 12.8. The number of aromatic nitrogens is 2. The van der Waals surface area contributed by atoms with Gasteiger partial charge in [0.15, 0.2) is 5.75 Å². The van der Waals surface area contributed by atoms with Crippen LogP contribution in [-0.2, 0) is 13.0 Å². The largest absolute Gasteiger partial charge is 0.493 e. The highest BCUT2D eigenvalue weighted by molar-refractivity contribution is 5.25. The summed E-state index contributed by atoms with van der Waals surface area (Å²) in [6.07, 6.45) is 3.91. The van der Waals surface area contributed by atoms with E-state index in [-0.39, 0.29) is 0 Å². The Balaban J connectivity index is 2.60. The molecule has 4 heteroatoms. The van der Waals surface area contributed by atoms with Gasteiger partial charge in [0.25, 0.3) is 0 Å². The first-order valence-electron chi connectivity index (χ1n) is 6.04. The molecule has 0 amide bonds. The Morgan fingerprint density at radius 2 is 2.25 bits per heavy atom. The monoisotopic (exact) mass is 225 g/mol. The summed E-state index contributed by atoms with van der Waals surface area (Å²) in [5.74, 6) is 0.908. The van der Waals surface area contributed by atoms with Crippen molar-refractivity contribution in [2.45, 2.75) is 46.2 Å². The van der Waals surface area contributed by atoms with Crippen molar-refractivity contribution in [2.24, 2.45) is 0 Å². The predicted molar refractivity (Wildman–Crippen MR) is 65.9 cm³/mol. The van der Waals surface area contributed by atoms with Crippen molar-refractivity contribution in [3.05, 3.63) is 11.9 Å². The molecule has 0 fully saturated rings. The van der Waals surface area contributed by atoms with Gasteiger partial charge in [-0.25, -0.2) is 0 Å². The molecule has 0 aliphatic heterocycles. The van der Waals surface area contributed by atoms with Crippen molar-refractivity contribution in [3.8, 4) is 5.75 Å². The van der Waals surface area contributed by atoms with Gasteiger partial charge >= 0.3 is 0 Å². The lowest BCUT2D eigenvalue weighted by Crippen LogP contribution is -2.26. The highest BCUT2D eigenvalue weighted by Gasteiger charge is 2.11. The van der Waals surface area contributed by atoms with Crippen molar-refractivity contribution in [3.63, 3.8) is 0 Å². The maximum absolute atomic E-state index is 5.32. The van der Waals surface area contributed by atoms with Crippen LogP contribution in [0, 0.1) is 0 Å². The Kier molecular flexibility index (Phi) is 5.32. The molecular weight excluding hydrogens is 202 g/mol. The first-order chi connectivity index (χ1) is 7.72. The minimum atomic E-state index is 0.537. The van der Waals surface area contributed by atoms with Gasteiger partial charge < -0.3 is 10.1 Å². The fraction of sp³-hybridized carbons (Fsp3) is 0.750. The average molecular weight is 225 g/mol. The van der Waals surface area contributed by atoms with Gasteiger partial charge in [-0.2, -0.15) is 5.10 Å². The van der Waals surface area contributed by atoms with Crippen LogP contribution in [0.2, 0.25) is 0 Å². The molecule has 0 saturated heterocycles. The summed E-state index contributed by atoms with van der Waals surface area (Å²) in [7, 11) is 1.70. The molecule has 0 spiro atoms. The molecule has 0 aromatic carbocycles. The van der Waals surface area contributed by atoms with Gasteiger partial charge in [-0.15, -0.1) is 0 Å². The molecule has 1 heterocycles. The van der Waals surface area contributed by atoms with E-state index in [1.54, 1.807) is 13.3 Å². The van der Waals surface area contributed by atoms with Gasteiger partial charge in [0.2, 0.25) is 0 Å². The van der Waals surface area contributed by atoms with E-state index in [0.29, 0.717) is 6.04 Å². The average Bonchev–Trinajstić information content (AvgIpc) is 2.68. The van der Waals surface area contributed by atoms with Crippen LogP contribution in [0.1, 0.15) is 32.9 Å².